The quantitative estimate of drug-likeness (QED) is 0.290. The topological polar surface area (TPSA) is 66.8 Å². The van der Waals surface area contributed by atoms with E-state index < -0.39 is 17.7 Å². The minimum absolute atomic E-state index is 0.0301. The van der Waals surface area contributed by atoms with Gasteiger partial charge < -0.3 is 14.7 Å². The lowest BCUT2D eigenvalue weighted by Crippen LogP contribution is -2.35. The van der Waals surface area contributed by atoms with Crippen molar-refractivity contribution in [2.45, 2.75) is 58.2 Å². The van der Waals surface area contributed by atoms with Crippen molar-refractivity contribution in [1.29, 1.82) is 0 Å². The van der Waals surface area contributed by atoms with Gasteiger partial charge in [0, 0.05) is 25.4 Å². The molecule has 8 heteroatoms. The molecule has 0 radical (unpaired) electrons. The van der Waals surface area contributed by atoms with Gasteiger partial charge in [-0.1, -0.05) is 55.3 Å². The van der Waals surface area contributed by atoms with Gasteiger partial charge in [-0.3, -0.25) is 9.59 Å². The number of aliphatic carboxylic acids is 1. The molecule has 0 spiro atoms. The average molecular weight is 554 g/mol. The van der Waals surface area contributed by atoms with Crippen molar-refractivity contribution in [1.82, 2.24) is 4.90 Å². The first-order chi connectivity index (χ1) is 19.1. The summed E-state index contributed by atoms with van der Waals surface area (Å²) >= 11 is 0. The molecule has 1 amide bonds. The van der Waals surface area contributed by atoms with Crippen LogP contribution < -0.4 is 4.74 Å². The smallest absolute Gasteiger partial charge is 0.416 e. The summed E-state index contributed by atoms with van der Waals surface area (Å²) in [5.74, 6) is -0.512. The normalized spacial score (nSPS) is 13.8. The van der Waals surface area contributed by atoms with Crippen molar-refractivity contribution in [3.05, 3.63) is 88.5 Å². The van der Waals surface area contributed by atoms with E-state index in [1.54, 1.807) is 30.2 Å². The highest BCUT2D eigenvalue weighted by Crippen LogP contribution is 2.38. The van der Waals surface area contributed by atoms with Crippen molar-refractivity contribution in [2.75, 3.05) is 13.7 Å². The maximum Gasteiger partial charge on any atom is 0.416 e. The molecule has 0 aromatic heterocycles. The van der Waals surface area contributed by atoms with Crippen LogP contribution in [0, 0.1) is 5.92 Å². The maximum absolute atomic E-state index is 13.8. The van der Waals surface area contributed by atoms with Crippen LogP contribution in [0.5, 0.6) is 5.75 Å². The number of alkyl halides is 3. The predicted octanol–water partition coefficient (Wildman–Crippen LogP) is 7.14. The second kappa shape index (κ2) is 12.6. The van der Waals surface area contributed by atoms with Gasteiger partial charge in [0.15, 0.2) is 0 Å². The number of carbonyl (C=O) groups is 2. The van der Waals surface area contributed by atoms with E-state index in [0.29, 0.717) is 46.5 Å². The van der Waals surface area contributed by atoms with Gasteiger partial charge in [0.1, 0.15) is 5.75 Å². The first-order valence-electron chi connectivity index (χ1n) is 13.6. The van der Waals surface area contributed by atoms with Crippen LogP contribution >= 0.6 is 0 Å². The second-order valence-electron chi connectivity index (χ2n) is 10.2. The lowest BCUT2D eigenvalue weighted by atomic mass is 9.87. The van der Waals surface area contributed by atoms with Gasteiger partial charge in [0.05, 0.1) is 19.1 Å². The Hall–Kier alpha value is -3.81. The number of rotatable bonds is 10. The first kappa shape index (κ1) is 29.2. The Kier molecular flexibility index (Phi) is 9.17. The van der Waals surface area contributed by atoms with Crippen LogP contribution in [0.15, 0.2) is 60.7 Å². The van der Waals surface area contributed by atoms with Crippen LogP contribution in [-0.4, -0.2) is 35.5 Å². The summed E-state index contributed by atoms with van der Waals surface area (Å²) in [4.78, 5) is 26.7. The van der Waals surface area contributed by atoms with Crippen LogP contribution in [0.4, 0.5) is 13.2 Å². The molecule has 0 atom stereocenters. The molecule has 1 aliphatic carbocycles. The number of methoxy groups -OCH3 is 1. The zero-order valence-electron chi connectivity index (χ0n) is 22.8. The molecule has 3 aromatic rings. The highest BCUT2D eigenvalue weighted by atomic mass is 19.4. The molecule has 0 aliphatic heterocycles. The number of carbonyl (C=O) groups excluding carboxylic acids is 1. The molecule has 212 valence electrons. The standard InChI is InChI=1S/C32H34F3NO4/c1-3-36(31(39)21-9-4-5-10-21)20-24-17-25(32(33,34)35)15-16-26(24)27-13-8-12-22(19-30(37)38)28(27)18-23-11-6-7-14-29(23)40-2/h6-8,11-17,21H,3-5,9-10,18-20H2,1-2H3,(H,37,38). The molecule has 1 N–H and O–H groups in total. The number of amides is 1. The molecule has 3 aromatic carbocycles. The average Bonchev–Trinajstić information content (AvgIpc) is 3.47. The van der Waals surface area contributed by atoms with E-state index in [2.05, 4.69) is 0 Å². The highest BCUT2D eigenvalue weighted by molar-refractivity contribution is 5.80. The Balaban J connectivity index is 1.86. The van der Waals surface area contributed by atoms with Gasteiger partial charge in [0.2, 0.25) is 5.91 Å². The summed E-state index contributed by atoms with van der Waals surface area (Å²) in [5.41, 5.74) is 2.85. The zero-order chi connectivity index (χ0) is 28.9. The molecule has 4 rings (SSSR count). The largest absolute Gasteiger partial charge is 0.496 e. The van der Waals surface area contributed by atoms with Crippen molar-refractivity contribution in [3.8, 4) is 16.9 Å². The fraction of sp³-hybridized carbons (Fsp3) is 0.375. The summed E-state index contributed by atoms with van der Waals surface area (Å²) in [6.45, 7) is 2.24. The van der Waals surface area contributed by atoms with Crippen LogP contribution in [0.2, 0.25) is 0 Å². The molecule has 0 heterocycles. The fourth-order valence-electron chi connectivity index (χ4n) is 5.61. The summed E-state index contributed by atoms with van der Waals surface area (Å²) in [6, 6.07) is 16.3. The molecule has 0 saturated heterocycles. The number of ether oxygens (including phenoxy) is 1. The molecule has 0 bridgehead atoms. The van der Waals surface area contributed by atoms with Crippen LogP contribution in [-0.2, 0) is 35.2 Å². The second-order valence-corrected chi connectivity index (χ2v) is 10.2. The number of benzene rings is 3. The van der Waals surface area contributed by atoms with Crippen molar-refractivity contribution < 1.29 is 32.6 Å². The molecule has 1 saturated carbocycles. The molecule has 40 heavy (non-hydrogen) atoms. The number of hydrogen-bond acceptors (Lipinski definition) is 3. The van der Waals surface area contributed by atoms with E-state index in [0.717, 1.165) is 43.4 Å². The van der Waals surface area contributed by atoms with Gasteiger partial charge in [-0.25, -0.2) is 0 Å². The summed E-state index contributed by atoms with van der Waals surface area (Å²) < 4.78 is 47.0. The Morgan fingerprint density at radius 2 is 1.65 bits per heavy atom. The molecule has 5 nitrogen and oxygen atoms in total. The van der Waals surface area contributed by atoms with E-state index in [1.807, 2.05) is 31.2 Å². The minimum Gasteiger partial charge on any atom is -0.496 e. The molecule has 1 aliphatic rings. The van der Waals surface area contributed by atoms with Gasteiger partial charge in [-0.15, -0.1) is 0 Å². The monoisotopic (exact) mass is 553 g/mol. The zero-order valence-corrected chi connectivity index (χ0v) is 22.8. The SMILES string of the molecule is CCN(Cc1cc(C(F)(F)F)ccc1-c1cccc(CC(=O)O)c1Cc1ccccc1OC)C(=O)C1CCCC1. The number of carboxylic acids is 1. The van der Waals surface area contributed by atoms with E-state index in [4.69, 9.17) is 4.74 Å². The van der Waals surface area contributed by atoms with Crippen molar-refractivity contribution in [2.24, 2.45) is 5.92 Å². The first-order valence-corrected chi connectivity index (χ1v) is 13.6. The number of nitrogens with zero attached hydrogens (tertiary/aromatic N) is 1. The number of hydrogen-bond donors (Lipinski definition) is 1. The van der Waals surface area contributed by atoms with Crippen molar-refractivity contribution >= 4 is 11.9 Å². The van der Waals surface area contributed by atoms with E-state index in [-0.39, 0.29) is 24.8 Å². The van der Waals surface area contributed by atoms with Crippen LogP contribution in [0.1, 0.15) is 60.4 Å². The van der Waals surface area contributed by atoms with Crippen molar-refractivity contribution in [3.63, 3.8) is 0 Å². The summed E-state index contributed by atoms with van der Waals surface area (Å²) in [6.07, 6.45) is -0.921. The molecular weight excluding hydrogens is 519 g/mol. The lowest BCUT2D eigenvalue weighted by molar-refractivity contribution is -0.138. The highest BCUT2D eigenvalue weighted by Gasteiger charge is 2.32. The Bertz CT molecular complexity index is 1360. The minimum atomic E-state index is -4.55. The number of carboxylic acid groups (broad SMARTS) is 1. The van der Waals surface area contributed by atoms with Gasteiger partial charge in [-0.05, 0) is 71.3 Å². The predicted molar refractivity (Wildman–Crippen MR) is 147 cm³/mol. The third-order valence-electron chi connectivity index (χ3n) is 7.66. The van der Waals surface area contributed by atoms with Crippen LogP contribution in [0.25, 0.3) is 11.1 Å². The Morgan fingerprint density at radius 3 is 2.30 bits per heavy atom. The summed E-state index contributed by atoms with van der Waals surface area (Å²) in [5, 5.41) is 9.62. The number of halogens is 3. The Labute approximate surface area is 232 Å². The molecule has 0 unspecified atom stereocenters. The summed E-state index contributed by atoms with van der Waals surface area (Å²) in [7, 11) is 1.55. The number of para-hydroxylation sites is 1. The van der Waals surface area contributed by atoms with Crippen LogP contribution in [0.3, 0.4) is 0 Å². The third-order valence-corrected chi connectivity index (χ3v) is 7.66. The molecule has 1 fully saturated rings. The fourth-order valence-corrected chi connectivity index (χ4v) is 5.61. The van der Waals surface area contributed by atoms with E-state index in [9.17, 15) is 27.9 Å². The maximum atomic E-state index is 13.8. The van der Waals surface area contributed by atoms with E-state index in [1.165, 1.54) is 6.07 Å². The van der Waals surface area contributed by atoms with Gasteiger partial charge in [-0.2, -0.15) is 13.2 Å². The Morgan fingerprint density at radius 1 is 0.950 bits per heavy atom. The van der Waals surface area contributed by atoms with Gasteiger partial charge >= 0.3 is 12.1 Å². The molecular formula is C32H34F3NO4. The lowest BCUT2D eigenvalue weighted by Gasteiger charge is -2.27. The third kappa shape index (κ3) is 6.66. The van der Waals surface area contributed by atoms with Gasteiger partial charge in [0.25, 0.3) is 0 Å². The van der Waals surface area contributed by atoms with E-state index >= 15 is 0 Å².